The molecule has 10 nitrogen and oxygen atoms in total. The molecule has 0 saturated heterocycles. The van der Waals surface area contributed by atoms with Gasteiger partial charge in [-0.05, 0) is 36.4 Å². The van der Waals surface area contributed by atoms with E-state index < -0.39 is 11.9 Å². The number of carbonyl (C=O) groups excluding carboxylic acids is 3. The summed E-state index contributed by atoms with van der Waals surface area (Å²) in [6, 6.07) is 6.52. The summed E-state index contributed by atoms with van der Waals surface area (Å²) in [7, 11) is 0. The summed E-state index contributed by atoms with van der Waals surface area (Å²) in [5.74, 6) is -1.67. The Labute approximate surface area is 137 Å². The monoisotopic (exact) mass is 332 g/mol. The van der Waals surface area contributed by atoms with Crippen LogP contribution in [0.25, 0.3) is 5.69 Å². The van der Waals surface area contributed by atoms with Crippen LogP contribution >= 0.6 is 0 Å². The molecule has 24 heavy (non-hydrogen) atoms. The van der Waals surface area contributed by atoms with Crippen LogP contribution in [0.3, 0.4) is 0 Å². The number of nitrogens with two attached hydrogens (primary N) is 1. The van der Waals surface area contributed by atoms with E-state index in [4.69, 9.17) is 10.5 Å². The van der Waals surface area contributed by atoms with E-state index in [1.807, 2.05) is 0 Å². The van der Waals surface area contributed by atoms with E-state index >= 15 is 0 Å². The quantitative estimate of drug-likeness (QED) is 0.682. The first kappa shape index (κ1) is 17.1. The molecule has 1 aromatic heterocycles. The molecule has 0 unspecified atom stereocenters. The van der Waals surface area contributed by atoms with E-state index in [1.165, 1.54) is 0 Å². The van der Waals surface area contributed by atoms with E-state index in [1.54, 1.807) is 31.2 Å². The predicted octanol–water partition coefficient (Wildman–Crippen LogP) is 0.0430. The first-order valence-electron chi connectivity index (χ1n) is 7.15. The van der Waals surface area contributed by atoms with Gasteiger partial charge in [0.2, 0.25) is 5.91 Å². The molecule has 0 aliphatic carbocycles. The Kier molecular flexibility index (Phi) is 5.55. The van der Waals surface area contributed by atoms with Gasteiger partial charge in [-0.1, -0.05) is 0 Å². The molecule has 0 fully saturated rings. The third-order valence-electron chi connectivity index (χ3n) is 2.88. The molecular formula is C14H16N6O4. The van der Waals surface area contributed by atoms with Gasteiger partial charge in [0, 0.05) is 12.1 Å². The zero-order chi connectivity index (χ0) is 17.5. The van der Waals surface area contributed by atoms with Crippen LogP contribution in [0.1, 0.15) is 30.4 Å². The van der Waals surface area contributed by atoms with E-state index in [9.17, 15) is 14.4 Å². The number of hydrogen-bond acceptors (Lipinski definition) is 7. The number of rotatable bonds is 7. The fourth-order valence-electron chi connectivity index (χ4n) is 1.77. The number of benzene rings is 1. The van der Waals surface area contributed by atoms with Crippen LogP contribution in [0.15, 0.2) is 24.3 Å². The van der Waals surface area contributed by atoms with Crippen LogP contribution < -0.4 is 11.1 Å². The van der Waals surface area contributed by atoms with Crippen molar-refractivity contribution >= 4 is 23.5 Å². The number of primary amides is 1. The third-order valence-corrected chi connectivity index (χ3v) is 2.88. The van der Waals surface area contributed by atoms with Gasteiger partial charge in [-0.2, -0.15) is 0 Å². The van der Waals surface area contributed by atoms with Crippen molar-refractivity contribution in [2.45, 2.75) is 19.8 Å². The van der Waals surface area contributed by atoms with Crippen molar-refractivity contribution in [3.05, 3.63) is 30.1 Å². The molecule has 3 N–H and O–H groups in total. The number of esters is 1. The third kappa shape index (κ3) is 4.60. The molecule has 0 aliphatic rings. The number of aromatic nitrogens is 4. The second-order valence-corrected chi connectivity index (χ2v) is 4.67. The first-order chi connectivity index (χ1) is 11.5. The van der Waals surface area contributed by atoms with E-state index in [0.29, 0.717) is 11.4 Å². The minimum Gasteiger partial charge on any atom is -0.466 e. The maximum absolute atomic E-state index is 11.7. The minimum absolute atomic E-state index is 0.0243. The number of hydrogen-bond donors (Lipinski definition) is 2. The highest BCUT2D eigenvalue weighted by Crippen LogP contribution is 2.12. The maximum atomic E-state index is 11.7. The van der Waals surface area contributed by atoms with Crippen molar-refractivity contribution in [3.63, 3.8) is 0 Å². The van der Waals surface area contributed by atoms with Crippen molar-refractivity contribution in [1.29, 1.82) is 0 Å². The Morgan fingerprint density at radius 2 is 1.92 bits per heavy atom. The largest absolute Gasteiger partial charge is 0.466 e. The second-order valence-electron chi connectivity index (χ2n) is 4.67. The van der Waals surface area contributed by atoms with Gasteiger partial charge in [0.1, 0.15) is 0 Å². The summed E-state index contributed by atoms with van der Waals surface area (Å²) < 4.78 is 4.75. The number of nitrogens with one attached hydrogen (secondary N) is 1. The van der Waals surface area contributed by atoms with Gasteiger partial charge < -0.3 is 15.8 Å². The summed E-state index contributed by atoms with van der Waals surface area (Å²) in [5, 5.41) is 13.7. The van der Waals surface area contributed by atoms with Crippen molar-refractivity contribution in [2.24, 2.45) is 5.73 Å². The van der Waals surface area contributed by atoms with E-state index in [2.05, 4.69) is 20.7 Å². The van der Waals surface area contributed by atoms with Crippen LogP contribution in [0, 0.1) is 0 Å². The average Bonchev–Trinajstić information content (AvgIpc) is 3.04. The lowest BCUT2D eigenvalue weighted by Gasteiger charge is -2.06. The summed E-state index contributed by atoms with van der Waals surface area (Å²) >= 11 is 0. The van der Waals surface area contributed by atoms with Crippen molar-refractivity contribution in [1.82, 2.24) is 20.2 Å². The van der Waals surface area contributed by atoms with Crippen LogP contribution in [0.5, 0.6) is 0 Å². The molecule has 0 atom stereocenters. The molecule has 0 bridgehead atoms. The van der Waals surface area contributed by atoms with Gasteiger partial charge >= 0.3 is 5.97 Å². The zero-order valence-corrected chi connectivity index (χ0v) is 12.9. The van der Waals surface area contributed by atoms with Crippen molar-refractivity contribution in [2.75, 3.05) is 11.9 Å². The van der Waals surface area contributed by atoms with E-state index in [0.717, 1.165) is 4.80 Å². The van der Waals surface area contributed by atoms with Crippen LogP contribution in [0.2, 0.25) is 0 Å². The molecule has 0 aliphatic heterocycles. The fourth-order valence-corrected chi connectivity index (χ4v) is 1.77. The SMILES string of the molecule is CCOC(=O)CCC(=O)Nc1ccc(-n2nnc(C(N)=O)n2)cc1. The van der Waals surface area contributed by atoms with Gasteiger partial charge in [0.15, 0.2) is 0 Å². The number of anilines is 1. The number of carbonyl (C=O) groups is 3. The summed E-state index contributed by atoms with van der Waals surface area (Å²) in [6.45, 7) is 1.99. The molecule has 0 spiro atoms. The Balaban J connectivity index is 1.92. The minimum atomic E-state index is -0.772. The number of amides is 2. The molecule has 2 rings (SSSR count). The molecule has 2 aromatic rings. The molecule has 2 amide bonds. The Morgan fingerprint density at radius 1 is 1.21 bits per heavy atom. The number of ether oxygens (including phenoxy) is 1. The molecule has 0 radical (unpaired) electrons. The predicted molar refractivity (Wildman–Crippen MR) is 82.2 cm³/mol. The lowest BCUT2D eigenvalue weighted by atomic mass is 10.2. The highest BCUT2D eigenvalue weighted by atomic mass is 16.5. The van der Waals surface area contributed by atoms with Crippen molar-refractivity contribution < 1.29 is 19.1 Å². The smallest absolute Gasteiger partial charge is 0.306 e. The van der Waals surface area contributed by atoms with E-state index in [-0.39, 0.29) is 31.2 Å². The lowest BCUT2D eigenvalue weighted by Crippen LogP contribution is -2.14. The summed E-state index contributed by atoms with van der Waals surface area (Å²) in [4.78, 5) is 35.0. The highest BCUT2D eigenvalue weighted by molar-refractivity contribution is 5.92. The van der Waals surface area contributed by atoms with Gasteiger partial charge in [-0.25, -0.2) is 0 Å². The highest BCUT2D eigenvalue weighted by Gasteiger charge is 2.10. The lowest BCUT2D eigenvalue weighted by molar-refractivity contribution is -0.144. The maximum Gasteiger partial charge on any atom is 0.306 e. The fraction of sp³-hybridized carbons (Fsp3) is 0.286. The average molecular weight is 332 g/mol. The number of nitrogens with zero attached hydrogens (tertiary/aromatic N) is 4. The topological polar surface area (TPSA) is 142 Å². The van der Waals surface area contributed by atoms with Crippen LogP contribution in [-0.2, 0) is 14.3 Å². The molecule has 1 aromatic carbocycles. The first-order valence-corrected chi connectivity index (χ1v) is 7.15. The molecule has 126 valence electrons. The molecular weight excluding hydrogens is 316 g/mol. The van der Waals surface area contributed by atoms with Crippen LogP contribution in [0.4, 0.5) is 5.69 Å². The normalized spacial score (nSPS) is 10.2. The summed E-state index contributed by atoms with van der Waals surface area (Å²) in [5.41, 5.74) is 6.14. The Morgan fingerprint density at radius 3 is 2.50 bits per heavy atom. The summed E-state index contributed by atoms with van der Waals surface area (Å²) in [6.07, 6.45) is 0.0592. The van der Waals surface area contributed by atoms with Crippen LogP contribution in [-0.4, -0.2) is 44.6 Å². The zero-order valence-electron chi connectivity index (χ0n) is 12.9. The Hall–Kier alpha value is -3.30. The number of tetrazole rings is 1. The van der Waals surface area contributed by atoms with Gasteiger partial charge in [-0.15, -0.1) is 15.0 Å². The van der Waals surface area contributed by atoms with Crippen molar-refractivity contribution in [3.8, 4) is 5.69 Å². The van der Waals surface area contributed by atoms with Gasteiger partial charge in [0.25, 0.3) is 11.7 Å². The molecule has 1 heterocycles. The molecule has 0 saturated carbocycles. The Bertz CT molecular complexity index is 740. The standard InChI is InChI=1S/C14H16N6O4/c1-2-24-12(22)8-7-11(21)16-9-3-5-10(6-4-9)20-18-14(13(15)23)17-19-20/h3-6H,2,7-8H2,1H3,(H2,15,23)(H,16,21). The molecule has 10 heteroatoms. The van der Waals surface area contributed by atoms with Gasteiger partial charge in [-0.3, -0.25) is 14.4 Å². The second kappa shape index (κ2) is 7.81. The van der Waals surface area contributed by atoms with Gasteiger partial charge in [0.05, 0.1) is 18.7 Å².